The van der Waals surface area contributed by atoms with Crippen LogP contribution in [0.1, 0.15) is 17.5 Å². The number of carbonyl (C=O) groups is 4. The number of hydrogen-bond donors (Lipinski definition) is 5. The maximum atomic E-state index is 13.0. The van der Waals surface area contributed by atoms with Gasteiger partial charge in [-0.2, -0.15) is 24.4 Å². The second-order valence-corrected chi connectivity index (χ2v) is 8.55. The fraction of sp³-hybridized carbons (Fsp3) is 0.500. The Kier molecular flexibility index (Phi) is 9.66. The van der Waals surface area contributed by atoms with Crippen LogP contribution in [0.15, 0.2) is 24.3 Å². The van der Waals surface area contributed by atoms with Crippen LogP contribution in [-0.2, 0) is 32.1 Å². The average molecular weight is 469 g/mol. The van der Waals surface area contributed by atoms with Crippen LogP contribution in [0.3, 0.4) is 0 Å². The summed E-state index contributed by atoms with van der Waals surface area (Å²) in [6, 6.07) is 4.69. The number of benzene rings is 1. The summed E-state index contributed by atoms with van der Waals surface area (Å²) in [5.74, 6) is -1.91. The van der Waals surface area contributed by atoms with Crippen molar-refractivity contribution in [2.24, 2.45) is 5.73 Å². The van der Waals surface area contributed by atoms with Crippen LogP contribution in [-0.4, -0.2) is 76.1 Å². The number of carboxylic acid groups (broad SMARTS) is 1. The Bertz CT molecular complexity index is 823. The van der Waals surface area contributed by atoms with Gasteiger partial charge in [0.1, 0.15) is 12.1 Å². The normalized spacial score (nSPS) is 17.3. The highest BCUT2D eigenvalue weighted by Crippen LogP contribution is 2.24. The molecule has 1 aromatic carbocycles. The second kappa shape index (κ2) is 12.0. The number of aliphatic carboxylic acids is 1. The minimum Gasteiger partial charge on any atom is -0.480 e. The molecule has 0 saturated heterocycles. The lowest BCUT2D eigenvalue weighted by atomic mass is 9.93. The quantitative estimate of drug-likeness (QED) is 0.295. The van der Waals surface area contributed by atoms with Crippen LogP contribution in [0.2, 0.25) is 0 Å². The Balaban J connectivity index is 2.18. The summed E-state index contributed by atoms with van der Waals surface area (Å²) in [6.07, 6.45) is 2.39. The summed E-state index contributed by atoms with van der Waals surface area (Å²) in [4.78, 5) is 50.7. The highest BCUT2D eigenvalue weighted by molar-refractivity contribution is 7.98. The van der Waals surface area contributed by atoms with Crippen LogP contribution in [0.25, 0.3) is 0 Å². The third-order valence-corrected chi connectivity index (χ3v) is 6.08. The molecule has 0 radical (unpaired) electrons. The minimum absolute atomic E-state index is 0.134. The molecule has 2 rings (SSSR count). The first-order valence-electron chi connectivity index (χ1n) is 9.81. The number of nitrogens with zero attached hydrogens (tertiary/aromatic N) is 1. The molecule has 0 aromatic heterocycles. The molecule has 5 N–H and O–H groups in total. The smallest absolute Gasteiger partial charge is 0.326 e. The molecular weight excluding hydrogens is 440 g/mol. The van der Waals surface area contributed by atoms with Crippen molar-refractivity contribution in [2.75, 3.05) is 24.3 Å². The van der Waals surface area contributed by atoms with Crippen LogP contribution in [0.5, 0.6) is 0 Å². The van der Waals surface area contributed by atoms with Crippen molar-refractivity contribution < 1.29 is 24.3 Å². The summed E-state index contributed by atoms with van der Waals surface area (Å²) in [6.45, 7) is -0.134. The molecule has 0 saturated carbocycles. The van der Waals surface area contributed by atoms with Crippen molar-refractivity contribution >= 4 is 48.1 Å². The number of carbonyl (C=O) groups excluding carboxylic acids is 3. The molecule has 1 aliphatic heterocycles. The van der Waals surface area contributed by atoms with Crippen LogP contribution in [0.4, 0.5) is 0 Å². The lowest BCUT2D eigenvalue weighted by molar-refractivity contribution is -0.145. The van der Waals surface area contributed by atoms with E-state index in [9.17, 15) is 24.3 Å². The Morgan fingerprint density at radius 3 is 2.58 bits per heavy atom. The minimum atomic E-state index is -1.12. The molecule has 31 heavy (non-hydrogen) atoms. The van der Waals surface area contributed by atoms with Gasteiger partial charge in [0.2, 0.25) is 17.7 Å². The van der Waals surface area contributed by atoms with E-state index >= 15 is 0 Å². The number of hydrogen-bond acceptors (Lipinski definition) is 7. The molecular formula is C20H28N4O5S2. The van der Waals surface area contributed by atoms with Gasteiger partial charge in [0.25, 0.3) is 0 Å². The standard InChI is InChI=1S/C20H28N4O5S2/c1-31-7-6-15(20(28)29)23-19(27)16-8-12-4-2-3-5-13(12)10-24(16)17(25)9-22-18(26)14(21)11-30/h2-5,14-16,30H,6-11,21H2,1H3,(H,22,26)(H,23,27)(H,28,29)/t14-,15-,16+/m0/s1. The van der Waals surface area contributed by atoms with E-state index in [0.29, 0.717) is 5.75 Å². The van der Waals surface area contributed by atoms with E-state index in [2.05, 4.69) is 23.3 Å². The molecule has 0 fully saturated rings. The molecule has 11 heteroatoms. The molecule has 1 aliphatic rings. The molecule has 0 bridgehead atoms. The molecule has 3 atom stereocenters. The molecule has 170 valence electrons. The van der Waals surface area contributed by atoms with Gasteiger partial charge in [0.05, 0.1) is 12.6 Å². The van der Waals surface area contributed by atoms with Crippen molar-refractivity contribution in [2.45, 2.75) is 37.5 Å². The largest absolute Gasteiger partial charge is 0.480 e. The summed E-state index contributed by atoms with van der Waals surface area (Å²) >= 11 is 5.45. The van der Waals surface area contributed by atoms with Gasteiger partial charge in [-0.05, 0) is 29.6 Å². The second-order valence-electron chi connectivity index (χ2n) is 7.20. The highest BCUT2D eigenvalue weighted by atomic mass is 32.2. The average Bonchev–Trinajstić information content (AvgIpc) is 2.77. The molecule has 1 aromatic rings. The van der Waals surface area contributed by atoms with E-state index in [1.165, 1.54) is 16.7 Å². The van der Waals surface area contributed by atoms with Gasteiger partial charge in [0, 0.05) is 18.7 Å². The van der Waals surface area contributed by atoms with Crippen LogP contribution in [0, 0.1) is 0 Å². The van der Waals surface area contributed by atoms with E-state index < -0.39 is 41.8 Å². The van der Waals surface area contributed by atoms with Crippen molar-refractivity contribution in [3.63, 3.8) is 0 Å². The number of carboxylic acids is 1. The van der Waals surface area contributed by atoms with Gasteiger partial charge in [-0.15, -0.1) is 0 Å². The zero-order chi connectivity index (χ0) is 23.0. The third kappa shape index (κ3) is 6.88. The van der Waals surface area contributed by atoms with Gasteiger partial charge >= 0.3 is 5.97 Å². The Morgan fingerprint density at radius 1 is 1.29 bits per heavy atom. The zero-order valence-electron chi connectivity index (χ0n) is 17.2. The lowest BCUT2D eigenvalue weighted by Gasteiger charge is -2.36. The Hall–Kier alpha value is -2.24. The third-order valence-electron chi connectivity index (χ3n) is 5.04. The first-order chi connectivity index (χ1) is 14.8. The first-order valence-corrected chi connectivity index (χ1v) is 11.8. The fourth-order valence-corrected chi connectivity index (χ4v) is 3.90. The van der Waals surface area contributed by atoms with Crippen molar-refractivity contribution in [1.29, 1.82) is 0 Å². The van der Waals surface area contributed by atoms with E-state index in [0.717, 1.165) is 11.1 Å². The SMILES string of the molecule is CSCC[C@H](NC(=O)[C@H]1Cc2ccccc2CN1C(=O)CNC(=O)[C@@H](N)CS)C(=O)O. The number of thioether (sulfide) groups is 1. The number of thiol groups is 1. The van der Waals surface area contributed by atoms with Gasteiger partial charge < -0.3 is 26.4 Å². The molecule has 3 amide bonds. The van der Waals surface area contributed by atoms with Crippen LogP contribution >= 0.6 is 24.4 Å². The van der Waals surface area contributed by atoms with Crippen LogP contribution < -0.4 is 16.4 Å². The number of nitrogens with one attached hydrogen (secondary N) is 2. The van der Waals surface area contributed by atoms with E-state index in [1.54, 1.807) is 0 Å². The summed E-state index contributed by atoms with van der Waals surface area (Å²) in [7, 11) is 0. The molecule has 0 spiro atoms. The van der Waals surface area contributed by atoms with E-state index in [4.69, 9.17) is 5.73 Å². The topological polar surface area (TPSA) is 142 Å². The van der Waals surface area contributed by atoms with Gasteiger partial charge in [-0.3, -0.25) is 14.4 Å². The number of rotatable bonds is 10. The highest BCUT2D eigenvalue weighted by Gasteiger charge is 2.36. The Labute approximate surface area is 190 Å². The molecule has 1 heterocycles. The van der Waals surface area contributed by atoms with Crippen molar-refractivity contribution in [3.8, 4) is 0 Å². The fourth-order valence-electron chi connectivity index (χ4n) is 3.26. The lowest BCUT2D eigenvalue weighted by Crippen LogP contribution is -2.57. The summed E-state index contributed by atoms with van der Waals surface area (Å²) in [5, 5.41) is 14.5. The van der Waals surface area contributed by atoms with Gasteiger partial charge in [0.15, 0.2) is 0 Å². The van der Waals surface area contributed by atoms with Crippen molar-refractivity contribution in [3.05, 3.63) is 35.4 Å². The van der Waals surface area contributed by atoms with E-state index in [-0.39, 0.29) is 31.7 Å². The molecule has 0 unspecified atom stereocenters. The number of amides is 3. The first kappa shape index (κ1) is 25.0. The maximum Gasteiger partial charge on any atom is 0.326 e. The monoisotopic (exact) mass is 468 g/mol. The zero-order valence-corrected chi connectivity index (χ0v) is 19.0. The van der Waals surface area contributed by atoms with Gasteiger partial charge in [-0.25, -0.2) is 4.79 Å². The van der Waals surface area contributed by atoms with Gasteiger partial charge in [-0.1, -0.05) is 24.3 Å². The predicted octanol–water partition coefficient (Wildman–Crippen LogP) is -0.364. The molecule has 9 nitrogen and oxygen atoms in total. The maximum absolute atomic E-state index is 13.0. The molecule has 0 aliphatic carbocycles. The van der Waals surface area contributed by atoms with Crippen molar-refractivity contribution in [1.82, 2.24) is 15.5 Å². The Morgan fingerprint density at radius 2 is 1.97 bits per heavy atom. The van der Waals surface area contributed by atoms with E-state index in [1.807, 2.05) is 30.5 Å². The predicted molar refractivity (Wildman–Crippen MR) is 122 cm³/mol. The number of fused-ring (bicyclic) bond motifs is 1. The summed E-state index contributed by atoms with van der Waals surface area (Å²) in [5.41, 5.74) is 7.43. The number of nitrogens with two attached hydrogens (primary N) is 1. The summed E-state index contributed by atoms with van der Waals surface area (Å²) < 4.78 is 0.